The second kappa shape index (κ2) is 5.38. The molecule has 16 heavy (non-hydrogen) atoms. The summed E-state index contributed by atoms with van der Waals surface area (Å²) in [5.41, 5.74) is 4.87. The van der Waals surface area contributed by atoms with Crippen molar-refractivity contribution in [2.45, 2.75) is 32.0 Å². The molecule has 0 spiro atoms. The topological polar surface area (TPSA) is 58.4 Å². The standard InChI is InChI=1S/C9H18F3N3O/c1-4-8(2,5-13)15(3)7(16)14-6-9(10,11)12/h4-6,13H2,1-3H3,(H,14,16). The third kappa shape index (κ3) is 4.26. The number of rotatable bonds is 4. The molecule has 0 radical (unpaired) electrons. The first kappa shape index (κ1) is 15.0. The Morgan fingerprint density at radius 1 is 1.44 bits per heavy atom. The van der Waals surface area contributed by atoms with Crippen molar-refractivity contribution in [1.82, 2.24) is 10.2 Å². The van der Waals surface area contributed by atoms with Crippen LogP contribution < -0.4 is 11.1 Å². The van der Waals surface area contributed by atoms with Crippen molar-refractivity contribution in [2.24, 2.45) is 5.73 Å². The summed E-state index contributed by atoms with van der Waals surface area (Å²) in [5, 5.41) is 1.80. The molecule has 0 fully saturated rings. The smallest absolute Gasteiger partial charge is 0.329 e. The summed E-state index contributed by atoms with van der Waals surface area (Å²) >= 11 is 0. The predicted octanol–water partition coefficient (Wildman–Crippen LogP) is 1.32. The number of halogens is 3. The summed E-state index contributed by atoms with van der Waals surface area (Å²) in [7, 11) is 1.43. The molecular weight excluding hydrogens is 223 g/mol. The monoisotopic (exact) mass is 241 g/mol. The fraction of sp³-hybridized carbons (Fsp3) is 0.889. The van der Waals surface area contributed by atoms with Crippen LogP contribution >= 0.6 is 0 Å². The van der Waals surface area contributed by atoms with Crippen LogP contribution in [0.2, 0.25) is 0 Å². The number of nitrogens with zero attached hydrogens (tertiary/aromatic N) is 1. The maximum Gasteiger partial charge on any atom is 0.405 e. The van der Waals surface area contributed by atoms with Gasteiger partial charge in [0.05, 0.1) is 5.54 Å². The lowest BCUT2D eigenvalue weighted by Crippen LogP contribution is -2.55. The molecule has 2 amide bonds. The van der Waals surface area contributed by atoms with E-state index in [0.29, 0.717) is 6.42 Å². The van der Waals surface area contributed by atoms with Crippen LogP contribution in [0, 0.1) is 0 Å². The number of amides is 2. The molecule has 4 nitrogen and oxygen atoms in total. The first-order valence-electron chi connectivity index (χ1n) is 4.95. The Bertz CT molecular complexity index is 239. The average molecular weight is 241 g/mol. The molecular formula is C9H18F3N3O. The quantitative estimate of drug-likeness (QED) is 0.779. The molecule has 0 aliphatic rings. The van der Waals surface area contributed by atoms with E-state index < -0.39 is 24.3 Å². The maximum atomic E-state index is 11.9. The predicted molar refractivity (Wildman–Crippen MR) is 55.0 cm³/mol. The van der Waals surface area contributed by atoms with Gasteiger partial charge in [-0.1, -0.05) is 6.92 Å². The fourth-order valence-electron chi connectivity index (χ4n) is 1.06. The van der Waals surface area contributed by atoms with Crippen LogP contribution in [0.3, 0.4) is 0 Å². The second-order valence-electron chi connectivity index (χ2n) is 3.89. The Kier molecular flexibility index (Phi) is 5.05. The van der Waals surface area contributed by atoms with Gasteiger partial charge in [-0.15, -0.1) is 0 Å². The van der Waals surface area contributed by atoms with Crippen molar-refractivity contribution in [3.05, 3.63) is 0 Å². The van der Waals surface area contributed by atoms with E-state index in [-0.39, 0.29) is 6.54 Å². The van der Waals surface area contributed by atoms with Crippen LogP contribution in [0.4, 0.5) is 18.0 Å². The second-order valence-corrected chi connectivity index (χ2v) is 3.89. The van der Waals surface area contributed by atoms with E-state index in [9.17, 15) is 18.0 Å². The number of nitrogens with two attached hydrogens (primary N) is 1. The normalized spacial score (nSPS) is 15.4. The molecule has 1 atom stereocenters. The Morgan fingerprint density at radius 3 is 2.25 bits per heavy atom. The summed E-state index contributed by atoms with van der Waals surface area (Å²) in [6, 6.07) is -0.771. The van der Waals surface area contributed by atoms with Crippen LogP contribution in [0.5, 0.6) is 0 Å². The third-order valence-electron chi connectivity index (χ3n) is 2.76. The van der Waals surface area contributed by atoms with Crippen LogP contribution in [0.25, 0.3) is 0 Å². The number of nitrogens with one attached hydrogen (secondary N) is 1. The first-order chi connectivity index (χ1) is 7.16. The molecule has 0 saturated heterocycles. The zero-order valence-electron chi connectivity index (χ0n) is 9.69. The van der Waals surface area contributed by atoms with E-state index in [1.165, 1.54) is 11.9 Å². The third-order valence-corrected chi connectivity index (χ3v) is 2.76. The van der Waals surface area contributed by atoms with Crippen LogP contribution in [0.1, 0.15) is 20.3 Å². The number of urea groups is 1. The number of hydrogen-bond donors (Lipinski definition) is 2. The van der Waals surface area contributed by atoms with E-state index in [0.717, 1.165) is 0 Å². The summed E-state index contributed by atoms with van der Waals surface area (Å²) < 4.78 is 35.6. The van der Waals surface area contributed by atoms with E-state index in [1.807, 2.05) is 6.92 Å². The number of carbonyl (C=O) groups is 1. The molecule has 0 aliphatic carbocycles. The Morgan fingerprint density at radius 2 is 1.94 bits per heavy atom. The average Bonchev–Trinajstić information content (AvgIpc) is 2.22. The highest BCUT2D eigenvalue weighted by molar-refractivity contribution is 5.74. The van der Waals surface area contributed by atoms with Gasteiger partial charge in [0, 0.05) is 13.6 Å². The molecule has 96 valence electrons. The van der Waals surface area contributed by atoms with E-state index in [4.69, 9.17) is 5.73 Å². The molecule has 0 rings (SSSR count). The molecule has 0 heterocycles. The summed E-state index contributed by atoms with van der Waals surface area (Å²) in [5.74, 6) is 0. The van der Waals surface area contributed by atoms with Gasteiger partial charge in [-0.2, -0.15) is 13.2 Å². The number of carbonyl (C=O) groups excluding carboxylic acids is 1. The van der Waals surface area contributed by atoms with Gasteiger partial charge in [-0.05, 0) is 13.3 Å². The molecule has 3 N–H and O–H groups in total. The van der Waals surface area contributed by atoms with E-state index >= 15 is 0 Å². The number of hydrogen-bond acceptors (Lipinski definition) is 2. The fourth-order valence-corrected chi connectivity index (χ4v) is 1.06. The number of likely N-dealkylation sites (N-methyl/N-ethyl adjacent to an activating group) is 1. The summed E-state index contributed by atoms with van der Waals surface area (Å²) in [6.45, 7) is 2.40. The SMILES string of the molecule is CCC(C)(CN)N(C)C(=O)NCC(F)(F)F. The molecule has 0 aromatic carbocycles. The zero-order valence-corrected chi connectivity index (χ0v) is 9.69. The maximum absolute atomic E-state index is 11.9. The summed E-state index contributed by atoms with van der Waals surface area (Å²) in [4.78, 5) is 12.6. The van der Waals surface area contributed by atoms with Gasteiger partial charge < -0.3 is 16.0 Å². The van der Waals surface area contributed by atoms with Gasteiger partial charge in [0.15, 0.2) is 0 Å². The van der Waals surface area contributed by atoms with E-state index in [1.54, 1.807) is 12.2 Å². The van der Waals surface area contributed by atoms with E-state index in [2.05, 4.69) is 0 Å². The molecule has 0 aromatic heterocycles. The van der Waals surface area contributed by atoms with Crippen molar-refractivity contribution >= 4 is 6.03 Å². The van der Waals surface area contributed by atoms with Gasteiger partial charge in [-0.3, -0.25) is 0 Å². The lowest BCUT2D eigenvalue weighted by molar-refractivity contribution is -0.123. The van der Waals surface area contributed by atoms with Gasteiger partial charge in [0.25, 0.3) is 0 Å². The highest BCUT2D eigenvalue weighted by Crippen LogP contribution is 2.17. The van der Waals surface area contributed by atoms with Crippen molar-refractivity contribution in [2.75, 3.05) is 20.1 Å². The van der Waals surface area contributed by atoms with Crippen LogP contribution in [-0.2, 0) is 0 Å². The first-order valence-corrected chi connectivity index (χ1v) is 4.95. The van der Waals surface area contributed by atoms with Crippen molar-refractivity contribution in [1.29, 1.82) is 0 Å². The zero-order chi connectivity index (χ0) is 13.0. The van der Waals surface area contributed by atoms with Crippen molar-refractivity contribution < 1.29 is 18.0 Å². The lowest BCUT2D eigenvalue weighted by Gasteiger charge is -2.37. The Labute approximate surface area is 93.0 Å². The van der Waals surface area contributed by atoms with Crippen LogP contribution in [0.15, 0.2) is 0 Å². The highest BCUT2D eigenvalue weighted by atomic mass is 19.4. The minimum atomic E-state index is -4.40. The summed E-state index contributed by atoms with van der Waals surface area (Å²) in [6.07, 6.45) is -3.83. The van der Waals surface area contributed by atoms with Crippen molar-refractivity contribution in [3.63, 3.8) is 0 Å². The van der Waals surface area contributed by atoms with Crippen molar-refractivity contribution in [3.8, 4) is 0 Å². The van der Waals surface area contributed by atoms with Gasteiger partial charge in [-0.25, -0.2) is 4.79 Å². The Balaban J connectivity index is 4.39. The molecule has 7 heteroatoms. The van der Waals surface area contributed by atoms with Crippen LogP contribution in [-0.4, -0.2) is 42.8 Å². The van der Waals surface area contributed by atoms with Gasteiger partial charge in [0.1, 0.15) is 6.54 Å². The molecule has 0 bridgehead atoms. The Hall–Kier alpha value is -0.980. The number of alkyl halides is 3. The molecule has 0 aliphatic heterocycles. The van der Waals surface area contributed by atoms with Gasteiger partial charge >= 0.3 is 12.2 Å². The largest absolute Gasteiger partial charge is 0.405 e. The highest BCUT2D eigenvalue weighted by Gasteiger charge is 2.32. The minimum Gasteiger partial charge on any atom is -0.329 e. The minimum absolute atomic E-state index is 0.194. The molecule has 0 aromatic rings. The van der Waals surface area contributed by atoms with Gasteiger partial charge in [0.2, 0.25) is 0 Å². The molecule has 0 saturated carbocycles. The molecule has 1 unspecified atom stereocenters. The lowest BCUT2D eigenvalue weighted by atomic mass is 9.98.